The van der Waals surface area contributed by atoms with Crippen LogP contribution in [0.1, 0.15) is 12.8 Å². The second-order valence-electron chi connectivity index (χ2n) is 4.38. The van der Waals surface area contributed by atoms with Crippen molar-refractivity contribution in [3.05, 3.63) is 11.6 Å². The SMILES string of the molecule is O=C(CNc1nc(Cl)nc2nc[nH]c12)N1CCCC1. The highest BCUT2D eigenvalue weighted by Gasteiger charge is 2.18. The van der Waals surface area contributed by atoms with Crippen LogP contribution in [0.15, 0.2) is 6.33 Å². The van der Waals surface area contributed by atoms with Crippen LogP contribution in [0.3, 0.4) is 0 Å². The Hall–Kier alpha value is -1.89. The number of nitrogens with one attached hydrogen (secondary N) is 2. The van der Waals surface area contributed by atoms with Gasteiger partial charge < -0.3 is 15.2 Å². The fourth-order valence-electron chi connectivity index (χ4n) is 2.17. The zero-order valence-corrected chi connectivity index (χ0v) is 10.9. The second kappa shape index (κ2) is 5.00. The van der Waals surface area contributed by atoms with E-state index in [9.17, 15) is 4.79 Å². The summed E-state index contributed by atoms with van der Waals surface area (Å²) in [6.45, 7) is 1.87. The van der Waals surface area contributed by atoms with Crippen LogP contribution in [0.2, 0.25) is 5.28 Å². The Labute approximate surface area is 114 Å². The molecule has 0 radical (unpaired) electrons. The summed E-state index contributed by atoms with van der Waals surface area (Å²) in [5.74, 6) is 0.569. The van der Waals surface area contributed by atoms with Gasteiger partial charge in [0.2, 0.25) is 11.2 Å². The van der Waals surface area contributed by atoms with Crippen molar-refractivity contribution >= 4 is 34.5 Å². The van der Waals surface area contributed by atoms with Crippen molar-refractivity contribution in [3.63, 3.8) is 0 Å². The van der Waals surface area contributed by atoms with Crippen LogP contribution in [0, 0.1) is 0 Å². The summed E-state index contributed by atoms with van der Waals surface area (Å²) in [5.41, 5.74) is 1.13. The van der Waals surface area contributed by atoms with Gasteiger partial charge in [0.05, 0.1) is 12.9 Å². The maximum absolute atomic E-state index is 11.9. The minimum absolute atomic E-state index is 0.0694. The van der Waals surface area contributed by atoms with Crippen molar-refractivity contribution in [2.75, 3.05) is 25.0 Å². The summed E-state index contributed by atoms with van der Waals surface area (Å²) in [7, 11) is 0. The number of aromatic amines is 1. The lowest BCUT2D eigenvalue weighted by Gasteiger charge is -2.15. The van der Waals surface area contributed by atoms with Gasteiger partial charge in [-0.3, -0.25) is 4.79 Å². The number of aromatic nitrogens is 4. The molecule has 2 aromatic heterocycles. The molecule has 1 aliphatic heterocycles. The van der Waals surface area contributed by atoms with E-state index in [4.69, 9.17) is 11.6 Å². The Morgan fingerprint density at radius 2 is 2.21 bits per heavy atom. The van der Waals surface area contributed by atoms with Gasteiger partial charge in [0.15, 0.2) is 11.5 Å². The van der Waals surface area contributed by atoms with Crippen LogP contribution in [-0.2, 0) is 4.79 Å². The van der Waals surface area contributed by atoms with E-state index in [0.29, 0.717) is 17.0 Å². The lowest BCUT2D eigenvalue weighted by molar-refractivity contribution is -0.128. The molecule has 0 atom stereocenters. The number of nitrogens with zero attached hydrogens (tertiary/aromatic N) is 4. The third-order valence-electron chi connectivity index (χ3n) is 3.12. The second-order valence-corrected chi connectivity index (χ2v) is 4.72. The van der Waals surface area contributed by atoms with E-state index >= 15 is 0 Å². The molecule has 19 heavy (non-hydrogen) atoms. The molecule has 0 aliphatic carbocycles. The number of rotatable bonds is 3. The van der Waals surface area contributed by atoms with Gasteiger partial charge in [0.25, 0.3) is 0 Å². The summed E-state index contributed by atoms with van der Waals surface area (Å²) in [4.78, 5) is 28.8. The first-order chi connectivity index (χ1) is 9.24. The molecule has 1 saturated heterocycles. The summed E-state index contributed by atoms with van der Waals surface area (Å²) >= 11 is 5.81. The van der Waals surface area contributed by atoms with Gasteiger partial charge in [-0.05, 0) is 24.4 Å². The zero-order chi connectivity index (χ0) is 13.2. The van der Waals surface area contributed by atoms with E-state index in [1.807, 2.05) is 4.90 Å². The predicted octanol–water partition coefficient (Wildman–Crippen LogP) is 1.04. The Bertz CT molecular complexity index is 606. The van der Waals surface area contributed by atoms with Crippen LogP contribution >= 0.6 is 11.6 Å². The van der Waals surface area contributed by atoms with E-state index < -0.39 is 0 Å². The molecule has 0 bridgehead atoms. The molecule has 3 heterocycles. The Morgan fingerprint density at radius 3 is 3.00 bits per heavy atom. The highest BCUT2D eigenvalue weighted by atomic mass is 35.5. The molecule has 7 nitrogen and oxygen atoms in total. The number of anilines is 1. The minimum atomic E-state index is 0.0694. The number of amides is 1. The van der Waals surface area contributed by atoms with Gasteiger partial charge in [-0.25, -0.2) is 4.98 Å². The van der Waals surface area contributed by atoms with Crippen LogP contribution in [0.4, 0.5) is 5.82 Å². The third kappa shape index (κ3) is 2.46. The minimum Gasteiger partial charge on any atom is -0.359 e. The van der Waals surface area contributed by atoms with Crippen molar-refractivity contribution in [1.82, 2.24) is 24.8 Å². The maximum Gasteiger partial charge on any atom is 0.241 e. The number of imidazole rings is 1. The number of fused-ring (bicyclic) bond motifs is 1. The molecule has 0 unspecified atom stereocenters. The number of carbonyl (C=O) groups excluding carboxylic acids is 1. The molecule has 0 aromatic carbocycles. The lowest BCUT2D eigenvalue weighted by atomic mass is 10.4. The van der Waals surface area contributed by atoms with E-state index in [1.54, 1.807) is 0 Å². The van der Waals surface area contributed by atoms with Gasteiger partial charge >= 0.3 is 0 Å². The number of carbonyl (C=O) groups is 1. The summed E-state index contributed by atoms with van der Waals surface area (Å²) in [6.07, 6.45) is 3.68. The number of H-pyrrole nitrogens is 1. The summed E-state index contributed by atoms with van der Waals surface area (Å²) < 4.78 is 0. The van der Waals surface area contributed by atoms with Gasteiger partial charge in [0.1, 0.15) is 5.52 Å². The molecule has 2 N–H and O–H groups in total. The molecule has 1 fully saturated rings. The predicted molar refractivity (Wildman–Crippen MR) is 71.0 cm³/mol. The van der Waals surface area contributed by atoms with Crippen molar-refractivity contribution in [2.24, 2.45) is 0 Å². The van der Waals surface area contributed by atoms with E-state index in [-0.39, 0.29) is 17.7 Å². The highest BCUT2D eigenvalue weighted by molar-refractivity contribution is 6.28. The van der Waals surface area contributed by atoms with Crippen molar-refractivity contribution < 1.29 is 4.79 Å². The van der Waals surface area contributed by atoms with Crippen LogP contribution in [-0.4, -0.2) is 50.4 Å². The smallest absolute Gasteiger partial charge is 0.241 e. The van der Waals surface area contributed by atoms with Crippen LogP contribution in [0.25, 0.3) is 11.2 Å². The molecule has 8 heteroatoms. The van der Waals surface area contributed by atoms with Crippen LogP contribution < -0.4 is 5.32 Å². The topological polar surface area (TPSA) is 86.8 Å². The first-order valence-corrected chi connectivity index (χ1v) is 6.50. The molecule has 0 saturated carbocycles. The Kier molecular flexibility index (Phi) is 3.20. The first-order valence-electron chi connectivity index (χ1n) is 6.12. The summed E-state index contributed by atoms with van der Waals surface area (Å²) in [5, 5.41) is 3.10. The van der Waals surface area contributed by atoms with E-state index in [2.05, 4.69) is 25.3 Å². The first kappa shape index (κ1) is 12.2. The van der Waals surface area contributed by atoms with E-state index in [0.717, 1.165) is 25.9 Å². The fraction of sp³-hybridized carbons (Fsp3) is 0.455. The summed E-state index contributed by atoms with van der Waals surface area (Å²) in [6, 6.07) is 0. The standard InChI is InChI=1S/C11H13ClN6O/c12-11-16-9(8-10(17-11)15-6-14-8)13-5-7(19)18-3-1-2-4-18/h6H,1-5H2,(H2,13,14,15,16,17). The van der Waals surface area contributed by atoms with Crippen molar-refractivity contribution in [1.29, 1.82) is 0 Å². The molecule has 0 spiro atoms. The van der Waals surface area contributed by atoms with Crippen molar-refractivity contribution in [2.45, 2.75) is 12.8 Å². The third-order valence-corrected chi connectivity index (χ3v) is 3.29. The maximum atomic E-state index is 11.9. The number of hydrogen-bond acceptors (Lipinski definition) is 5. The highest BCUT2D eigenvalue weighted by Crippen LogP contribution is 2.18. The fourth-order valence-corrected chi connectivity index (χ4v) is 2.34. The molecule has 2 aromatic rings. The molecular weight excluding hydrogens is 268 g/mol. The quantitative estimate of drug-likeness (QED) is 0.821. The van der Waals surface area contributed by atoms with Gasteiger partial charge in [0, 0.05) is 13.1 Å². The number of hydrogen-bond donors (Lipinski definition) is 2. The zero-order valence-electron chi connectivity index (χ0n) is 10.2. The molecule has 100 valence electrons. The normalized spacial score (nSPS) is 15.1. The average molecular weight is 281 g/mol. The number of halogens is 1. The van der Waals surface area contributed by atoms with E-state index in [1.165, 1.54) is 6.33 Å². The number of likely N-dealkylation sites (tertiary alicyclic amines) is 1. The van der Waals surface area contributed by atoms with Crippen LogP contribution in [0.5, 0.6) is 0 Å². The monoisotopic (exact) mass is 280 g/mol. The molecule has 3 rings (SSSR count). The van der Waals surface area contributed by atoms with Gasteiger partial charge in [-0.2, -0.15) is 9.97 Å². The Balaban J connectivity index is 1.74. The lowest BCUT2D eigenvalue weighted by Crippen LogP contribution is -2.33. The molecule has 1 aliphatic rings. The van der Waals surface area contributed by atoms with Gasteiger partial charge in [-0.1, -0.05) is 0 Å². The Morgan fingerprint density at radius 1 is 1.42 bits per heavy atom. The van der Waals surface area contributed by atoms with Crippen molar-refractivity contribution in [3.8, 4) is 0 Å². The van der Waals surface area contributed by atoms with Gasteiger partial charge in [-0.15, -0.1) is 0 Å². The molecule has 1 amide bonds. The largest absolute Gasteiger partial charge is 0.359 e. The molecular formula is C11H13ClN6O. The average Bonchev–Trinajstić information content (AvgIpc) is 3.05.